The molecular weight excluding hydrogens is 581 g/mol. The fraction of sp³-hybridized carbons (Fsp3) is 0.480. The van der Waals surface area contributed by atoms with Crippen LogP contribution in [0.2, 0.25) is 5.02 Å². The van der Waals surface area contributed by atoms with Crippen molar-refractivity contribution in [2.45, 2.75) is 71.0 Å². The molecule has 3 rings (SSSR count). The number of hydrogen-bond donors (Lipinski definition) is 1. The summed E-state index contributed by atoms with van der Waals surface area (Å²) in [6.45, 7) is 3.62. The van der Waals surface area contributed by atoms with E-state index in [2.05, 4.69) is 5.10 Å². The Balaban J connectivity index is 2.07. The Morgan fingerprint density at radius 1 is 0.902 bits per heavy atom. The smallest absolute Gasteiger partial charge is 0.433 e. The normalized spacial score (nSPS) is 22.4. The van der Waals surface area contributed by atoms with Gasteiger partial charge in [0.05, 0.1) is 5.56 Å². The van der Waals surface area contributed by atoms with Gasteiger partial charge in [-0.25, -0.2) is 0 Å². The van der Waals surface area contributed by atoms with Gasteiger partial charge in [-0.1, -0.05) is 23.7 Å². The van der Waals surface area contributed by atoms with E-state index < -0.39 is 84.5 Å². The summed E-state index contributed by atoms with van der Waals surface area (Å²) in [5.74, 6) is -3.97. The number of H-pyrrole nitrogens is 1. The molecule has 1 aliphatic rings. The van der Waals surface area contributed by atoms with Crippen molar-refractivity contribution in [3.8, 4) is 5.88 Å². The number of carbonyl (C=O) groups is 4. The quantitative estimate of drug-likeness (QED) is 0.331. The summed E-state index contributed by atoms with van der Waals surface area (Å²) in [5, 5.41) is 5.94. The first-order chi connectivity index (χ1) is 19.1. The first kappa shape index (κ1) is 31.7. The lowest BCUT2D eigenvalue weighted by Gasteiger charge is -2.43. The van der Waals surface area contributed by atoms with Crippen molar-refractivity contribution in [2.75, 3.05) is 6.61 Å². The minimum atomic E-state index is -4.86. The van der Waals surface area contributed by atoms with Crippen LogP contribution in [-0.2, 0) is 55.5 Å². The molecule has 0 amide bonds. The zero-order chi connectivity index (χ0) is 30.5. The topological polar surface area (TPSA) is 152 Å². The molecular formula is C25H26ClF3N2O10. The highest BCUT2D eigenvalue weighted by Crippen LogP contribution is 2.38. The zero-order valence-corrected chi connectivity index (χ0v) is 22.9. The van der Waals surface area contributed by atoms with E-state index in [1.165, 1.54) is 24.3 Å². The number of nitrogens with zero attached hydrogens (tertiary/aromatic N) is 1. The summed E-state index contributed by atoms with van der Waals surface area (Å²) >= 11 is 5.89. The van der Waals surface area contributed by atoms with Crippen LogP contribution < -0.4 is 4.74 Å². The fourth-order valence-corrected chi connectivity index (χ4v) is 4.17. The molecule has 1 aliphatic heterocycles. The van der Waals surface area contributed by atoms with Gasteiger partial charge < -0.3 is 28.4 Å². The van der Waals surface area contributed by atoms with E-state index >= 15 is 0 Å². The highest BCUT2D eigenvalue weighted by Gasteiger charge is 2.54. The third-order valence-corrected chi connectivity index (χ3v) is 5.83. The van der Waals surface area contributed by atoms with Crippen molar-refractivity contribution >= 4 is 35.5 Å². The molecule has 1 saturated heterocycles. The second-order valence-electron chi connectivity index (χ2n) is 8.87. The van der Waals surface area contributed by atoms with Gasteiger partial charge in [-0.15, -0.1) is 5.10 Å². The summed E-state index contributed by atoms with van der Waals surface area (Å²) in [4.78, 5) is 47.4. The molecule has 2 heterocycles. The molecule has 2 aromatic rings. The van der Waals surface area contributed by atoms with Crippen molar-refractivity contribution in [1.82, 2.24) is 10.2 Å². The predicted octanol–water partition coefficient (Wildman–Crippen LogP) is 3.13. The van der Waals surface area contributed by atoms with Crippen LogP contribution in [0.3, 0.4) is 0 Å². The summed E-state index contributed by atoms with van der Waals surface area (Å²) in [6, 6.07) is 6.00. The minimum absolute atomic E-state index is 0.316. The highest BCUT2D eigenvalue weighted by atomic mass is 35.5. The van der Waals surface area contributed by atoms with Crippen molar-refractivity contribution in [1.29, 1.82) is 0 Å². The van der Waals surface area contributed by atoms with E-state index in [9.17, 15) is 32.3 Å². The largest absolute Gasteiger partial charge is 0.463 e. The average molecular weight is 607 g/mol. The summed E-state index contributed by atoms with van der Waals surface area (Å²) < 4.78 is 74.0. The van der Waals surface area contributed by atoms with Crippen LogP contribution in [0.5, 0.6) is 5.88 Å². The minimum Gasteiger partial charge on any atom is -0.463 e. The molecule has 0 saturated carbocycles. The number of carbonyl (C=O) groups excluding carboxylic acids is 4. The molecule has 224 valence electrons. The maximum Gasteiger partial charge on any atom is 0.433 e. The molecule has 5 atom stereocenters. The summed E-state index contributed by atoms with van der Waals surface area (Å²) in [6.07, 6.45) is -13.0. The van der Waals surface area contributed by atoms with Crippen molar-refractivity contribution in [3.05, 3.63) is 46.1 Å². The van der Waals surface area contributed by atoms with Gasteiger partial charge in [-0.05, 0) is 17.7 Å². The number of esters is 4. The number of halogens is 4. The number of rotatable bonds is 9. The van der Waals surface area contributed by atoms with E-state index in [4.69, 9.17) is 40.0 Å². The van der Waals surface area contributed by atoms with Crippen LogP contribution >= 0.6 is 11.6 Å². The lowest BCUT2D eigenvalue weighted by molar-refractivity contribution is -0.289. The Morgan fingerprint density at radius 2 is 1.46 bits per heavy atom. The molecule has 1 N–H and O–H groups in total. The van der Waals surface area contributed by atoms with E-state index in [1.54, 1.807) is 0 Å². The lowest BCUT2D eigenvalue weighted by atomic mass is 9.98. The van der Waals surface area contributed by atoms with E-state index in [1.807, 2.05) is 5.10 Å². The molecule has 12 nitrogen and oxygen atoms in total. The van der Waals surface area contributed by atoms with Gasteiger partial charge in [0, 0.05) is 39.1 Å². The summed E-state index contributed by atoms with van der Waals surface area (Å²) in [5.41, 5.74) is -1.21. The van der Waals surface area contributed by atoms with Crippen LogP contribution in [-0.4, -0.2) is 71.4 Å². The molecule has 1 aromatic carbocycles. The molecule has 0 unspecified atom stereocenters. The van der Waals surface area contributed by atoms with E-state index in [-0.39, 0.29) is 6.42 Å². The zero-order valence-electron chi connectivity index (χ0n) is 22.2. The number of aromatic nitrogens is 2. The molecule has 0 bridgehead atoms. The van der Waals surface area contributed by atoms with Crippen molar-refractivity contribution in [3.63, 3.8) is 0 Å². The van der Waals surface area contributed by atoms with Crippen molar-refractivity contribution in [2.24, 2.45) is 0 Å². The second kappa shape index (κ2) is 13.2. The van der Waals surface area contributed by atoms with Gasteiger partial charge in [0.25, 0.3) is 0 Å². The van der Waals surface area contributed by atoms with Gasteiger partial charge in [0.15, 0.2) is 12.2 Å². The molecule has 1 aromatic heterocycles. The van der Waals surface area contributed by atoms with Crippen LogP contribution in [0, 0.1) is 0 Å². The van der Waals surface area contributed by atoms with Crippen LogP contribution in [0.4, 0.5) is 13.2 Å². The second-order valence-corrected chi connectivity index (χ2v) is 9.31. The predicted molar refractivity (Wildman–Crippen MR) is 130 cm³/mol. The number of ether oxygens (including phenoxy) is 6. The third-order valence-electron chi connectivity index (χ3n) is 5.58. The van der Waals surface area contributed by atoms with Gasteiger partial charge in [0.1, 0.15) is 18.4 Å². The Morgan fingerprint density at radius 3 is 2.00 bits per heavy atom. The summed E-state index contributed by atoms with van der Waals surface area (Å²) in [7, 11) is 0. The lowest BCUT2D eigenvalue weighted by Crippen LogP contribution is -2.63. The first-order valence-corrected chi connectivity index (χ1v) is 12.4. The van der Waals surface area contributed by atoms with Gasteiger partial charge in [-0.2, -0.15) is 13.2 Å². The standard InChI is InChI=1S/C25H26ClF3N2O10/c1-11(32)36-10-18-19(37-12(2)33)20(38-13(3)34)21(39-14(4)35)24(40-18)41-23-17(22(30-31-23)25(27,28)29)9-15-5-7-16(26)8-6-15/h5-8,18-21,24H,9-10H2,1-4H3,(H,30,31)/t18-,19-,20+,21-,24+/m1/s1. The Bertz CT molecular complexity index is 1270. The maximum absolute atomic E-state index is 13.9. The Hall–Kier alpha value is -3.85. The molecule has 41 heavy (non-hydrogen) atoms. The van der Waals surface area contributed by atoms with Crippen LogP contribution in [0.15, 0.2) is 24.3 Å². The molecule has 0 aliphatic carbocycles. The van der Waals surface area contributed by atoms with E-state index in [0.29, 0.717) is 10.6 Å². The maximum atomic E-state index is 13.9. The number of alkyl halides is 3. The van der Waals surface area contributed by atoms with Crippen LogP contribution in [0.1, 0.15) is 44.5 Å². The molecule has 0 spiro atoms. The average Bonchev–Trinajstić information content (AvgIpc) is 3.24. The van der Waals surface area contributed by atoms with Crippen LogP contribution in [0.25, 0.3) is 0 Å². The first-order valence-electron chi connectivity index (χ1n) is 12.0. The SMILES string of the molecule is CC(=O)OC[C@H]1O[C@@H](Oc2n[nH]c(C(F)(F)F)c2Cc2ccc(Cl)cc2)[C@H](OC(C)=O)[C@@H](OC(C)=O)[C@@H]1OC(C)=O. The number of nitrogens with one attached hydrogen (secondary N) is 1. The van der Waals surface area contributed by atoms with Gasteiger partial charge in [0.2, 0.25) is 18.3 Å². The Kier molecular flexibility index (Phi) is 10.2. The fourth-order valence-electron chi connectivity index (χ4n) is 4.04. The third kappa shape index (κ3) is 8.57. The van der Waals surface area contributed by atoms with Gasteiger partial charge in [-0.3, -0.25) is 24.3 Å². The number of benzene rings is 1. The number of aromatic amines is 1. The molecule has 16 heteroatoms. The molecule has 1 fully saturated rings. The molecule has 0 radical (unpaired) electrons. The Labute approximate surface area is 236 Å². The van der Waals surface area contributed by atoms with Crippen molar-refractivity contribution < 1.29 is 60.8 Å². The van der Waals surface area contributed by atoms with Gasteiger partial charge >= 0.3 is 30.1 Å². The van der Waals surface area contributed by atoms with E-state index in [0.717, 1.165) is 27.7 Å². The number of hydrogen-bond acceptors (Lipinski definition) is 11. The highest BCUT2D eigenvalue weighted by molar-refractivity contribution is 6.30. The monoisotopic (exact) mass is 606 g/mol.